The lowest BCUT2D eigenvalue weighted by atomic mass is 10.1. The predicted molar refractivity (Wildman–Crippen MR) is 82.1 cm³/mol. The van der Waals surface area contributed by atoms with Gasteiger partial charge < -0.3 is 10.1 Å². The molecule has 3 nitrogen and oxygen atoms in total. The van der Waals surface area contributed by atoms with Crippen molar-refractivity contribution < 1.29 is 4.74 Å². The Morgan fingerprint density at radius 2 is 2.05 bits per heavy atom. The minimum atomic E-state index is 0.336. The lowest BCUT2D eigenvalue weighted by Crippen LogP contribution is -2.35. The molecule has 0 spiro atoms. The summed E-state index contributed by atoms with van der Waals surface area (Å²) in [7, 11) is 1.75. The van der Waals surface area contributed by atoms with Crippen LogP contribution in [0.15, 0.2) is 24.3 Å². The molecule has 0 radical (unpaired) electrons. The van der Waals surface area contributed by atoms with E-state index in [4.69, 9.17) is 4.74 Å². The normalized spacial score (nSPS) is 28.6. The van der Waals surface area contributed by atoms with Crippen molar-refractivity contribution in [1.29, 1.82) is 0 Å². The molecule has 110 valence electrons. The number of hydrogen-bond acceptors (Lipinski definition) is 3. The Morgan fingerprint density at radius 1 is 1.30 bits per heavy atom. The van der Waals surface area contributed by atoms with Gasteiger partial charge in [0.1, 0.15) is 5.75 Å². The summed E-state index contributed by atoms with van der Waals surface area (Å²) in [4.78, 5) is 2.69. The molecule has 2 unspecified atom stereocenters. The van der Waals surface area contributed by atoms with Gasteiger partial charge in [0.2, 0.25) is 0 Å². The molecule has 2 fully saturated rings. The molecule has 1 saturated carbocycles. The zero-order valence-electron chi connectivity index (χ0n) is 12.8. The monoisotopic (exact) mass is 274 g/mol. The Balaban J connectivity index is 1.63. The van der Waals surface area contributed by atoms with E-state index in [1.54, 1.807) is 7.11 Å². The Morgan fingerprint density at radius 3 is 2.75 bits per heavy atom. The summed E-state index contributed by atoms with van der Waals surface area (Å²) >= 11 is 0. The molecule has 1 aliphatic carbocycles. The summed E-state index contributed by atoms with van der Waals surface area (Å²) in [5, 5.41) is 3.79. The third-order valence-corrected chi connectivity index (χ3v) is 4.73. The van der Waals surface area contributed by atoms with Crippen LogP contribution in [0.4, 0.5) is 0 Å². The van der Waals surface area contributed by atoms with Gasteiger partial charge in [0.05, 0.1) is 7.11 Å². The molecule has 2 aliphatic rings. The number of nitrogens with one attached hydrogen (secondary N) is 1. The Bertz CT molecular complexity index is 458. The number of hydrogen-bond donors (Lipinski definition) is 1. The third kappa shape index (κ3) is 2.84. The van der Waals surface area contributed by atoms with E-state index in [0.717, 1.165) is 17.8 Å². The molecule has 0 aromatic heterocycles. The largest absolute Gasteiger partial charge is 0.496 e. The van der Waals surface area contributed by atoms with Crippen LogP contribution >= 0.6 is 0 Å². The maximum absolute atomic E-state index is 5.47. The highest BCUT2D eigenvalue weighted by atomic mass is 16.5. The first-order valence-corrected chi connectivity index (χ1v) is 7.83. The van der Waals surface area contributed by atoms with Crippen molar-refractivity contribution in [1.82, 2.24) is 10.2 Å². The number of rotatable bonds is 5. The van der Waals surface area contributed by atoms with Crippen LogP contribution in [-0.4, -0.2) is 36.7 Å². The van der Waals surface area contributed by atoms with Crippen molar-refractivity contribution >= 4 is 0 Å². The number of likely N-dealkylation sites (tertiary alicyclic amines) is 1. The van der Waals surface area contributed by atoms with Gasteiger partial charge in [-0.3, -0.25) is 4.90 Å². The van der Waals surface area contributed by atoms with E-state index >= 15 is 0 Å². The lowest BCUT2D eigenvalue weighted by molar-refractivity contribution is 0.254. The highest BCUT2D eigenvalue weighted by molar-refractivity contribution is 5.35. The van der Waals surface area contributed by atoms with Gasteiger partial charge in [0.25, 0.3) is 0 Å². The van der Waals surface area contributed by atoms with Crippen molar-refractivity contribution in [3.05, 3.63) is 29.8 Å². The number of nitrogens with zero attached hydrogens (tertiary/aromatic N) is 1. The van der Waals surface area contributed by atoms with Crippen molar-refractivity contribution in [2.75, 3.05) is 13.7 Å². The number of para-hydroxylation sites is 1. The predicted octanol–water partition coefficient (Wildman–Crippen LogP) is 2.97. The van der Waals surface area contributed by atoms with Gasteiger partial charge in [-0.25, -0.2) is 0 Å². The van der Waals surface area contributed by atoms with Gasteiger partial charge in [-0.2, -0.15) is 0 Å². The zero-order chi connectivity index (χ0) is 14.1. The molecule has 0 bridgehead atoms. The van der Waals surface area contributed by atoms with Crippen LogP contribution in [0.5, 0.6) is 5.75 Å². The van der Waals surface area contributed by atoms with Crippen LogP contribution in [-0.2, 0) is 0 Å². The number of ether oxygens (including phenoxy) is 1. The van der Waals surface area contributed by atoms with E-state index in [1.807, 2.05) is 12.1 Å². The Labute approximate surface area is 122 Å². The van der Waals surface area contributed by atoms with E-state index in [2.05, 4.69) is 36.2 Å². The fourth-order valence-corrected chi connectivity index (χ4v) is 3.56. The molecule has 20 heavy (non-hydrogen) atoms. The van der Waals surface area contributed by atoms with Gasteiger partial charge in [0.15, 0.2) is 0 Å². The Hall–Kier alpha value is -1.06. The standard InChI is InChI=1S/C17H26N2O/c1-12-10-14(11-19(12)15-8-9-15)18-13(2)16-6-4-5-7-17(16)20-3/h4-7,12-15,18H,8-11H2,1-3H3/t12?,13-,14?/m1/s1. The summed E-state index contributed by atoms with van der Waals surface area (Å²) in [6, 6.07) is 10.9. The topological polar surface area (TPSA) is 24.5 Å². The Kier molecular flexibility index (Phi) is 3.99. The first-order chi connectivity index (χ1) is 9.69. The zero-order valence-corrected chi connectivity index (χ0v) is 12.8. The van der Waals surface area contributed by atoms with E-state index in [-0.39, 0.29) is 0 Å². The van der Waals surface area contributed by atoms with Gasteiger partial charge in [-0.05, 0) is 39.2 Å². The molecule has 3 atom stereocenters. The average Bonchev–Trinajstić information content (AvgIpc) is 3.23. The van der Waals surface area contributed by atoms with Crippen molar-refractivity contribution in [3.63, 3.8) is 0 Å². The molecule has 1 heterocycles. The first kappa shape index (κ1) is 13.9. The van der Waals surface area contributed by atoms with Gasteiger partial charge in [0, 0.05) is 36.3 Å². The molecular weight excluding hydrogens is 248 g/mol. The summed E-state index contributed by atoms with van der Waals surface area (Å²) in [5.74, 6) is 0.984. The summed E-state index contributed by atoms with van der Waals surface area (Å²) in [6.45, 7) is 5.81. The molecular formula is C17H26N2O. The maximum Gasteiger partial charge on any atom is 0.123 e. The fourth-order valence-electron chi connectivity index (χ4n) is 3.56. The van der Waals surface area contributed by atoms with Crippen LogP contribution in [0.3, 0.4) is 0 Å². The minimum absolute atomic E-state index is 0.336. The molecule has 3 rings (SSSR count). The van der Waals surface area contributed by atoms with E-state index < -0.39 is 0 Å². The molecule has 1 aliphatic heterocycles. The molecule has 1 saturated heterocycles. The summed E-state index contributed by atoms with van der Waals surface area (Å²) < 4.78 is 5.47. The fraction of sp³-hybridized carbons (Fsp3) is 0.647. The SMILES string of the molecule is COc1ccccc1[C@@H](C)NC1CC(C)N(C2CC2)C1. The highest BCUT2D eigenvalue weighted by Crippen LogP contribution is 2.34. The lowest BCUT2D eigenvalue weighted by Gasteiger charge is -2.22. The summed E-state index contributed by atoms with van der Waals surface area (Å²) in [6.07, 6.45) is 4.06. The minimum Gasteiger partial charge on any atom is -0.496 e. The van der Waals surface area contributed by atoms with Gasteiger partial charge >= 0.3 is 0 Å². The second-order valence-corrected chi connectivity index (χ2v) is 6.34. The molecule has 3 heteroatoms. The van der Waals surface area contributed by atoms with Crippen LogP contribution in [0.1, 0.15) is 44.7 Å². The van der Waals surface area contributed by atoms with E-state index in [0.29, 0.717) is 12.1 Å². The average molecular weight is 274 g/mol. The first-order valence-electron chi connectivity index (χ1n) is 7.83. The van der Waals surface area contributed by atoms with Crippen molar-refractivity contribution in [2.45, 2.75) is 57.3 Å². The second-order valence-electron chi connectivity index (χ2n) is 6.34. The van der Waals surface area contributed by atoms with E-state index in [9.17, 15) is 0 Å². The number of benzene rings is 1. The molecule has 1 N–H and O–H groups in total. The van der Waals surface area contributed by atoms with E-state index in [1.165, 1.54) is 31.4 Å². The van der Waals surface area contributed by atoms with Crippen LogP contribution < -0.4 is 10.1 Å². The summed E-state index contributed by atoms with van der Waals surface area (Å²) in [5.41, 5.74) is 1.26. The number of methoxy groups -OCH3 is 1. The van der Waals surface area contributed by atoms with Gasteiger partial charge in [-0.1, -0.05) is 18.2 Å². The second kappa shape index (κ2) is 5.74. The highest BCUT2D eigenvalue weighted by Gasteiger charge is 2.39. The molecule has 1 aromatic carbocycles. The molecule has 1 aromatic rings. The van der Waals surface area contributed by atoms with Crippen LogP contribution in [0, 0.1) is 0 Å². The quantitative estimate of drug-likeness (QED) is 0.893. The van der Waals surface area contributed by atoms with Crippen molar-refractivity contribution in [2.24, 2.45) is 0 Å². The molecule has 0 amide bonds. The smallest absolute Gasteiger partial charge is 0.123 e. The van der Waals surface area contributed by atoms with Crippen LogP contribution in [0.25, 0.3) is 0 Å². The van der Waals surface area contributed by atoms with Crippen LogP contribution in [0.2, 0.25) is 0 Å². The van der Waals surface area contributed by atoms with Gasteiger partial charge in [-0.15, -0.1) is 0 Å². The van der Waals surface area contributed by atoms with Crippen molar-refractivity contribution in [3.8, 4) is 5.75 Å². The maximum atomic E-state index is 5.47. The third-order valence-electron chi connectivity index (χ3n) is 4.73.